The molecule has 6 nitrogen and oxygen atoms in total. The Bertz CT molecular complexity index is 777. The van der Waals surface area contributed by atoms with E-state index in [4.69, 9.17) is 4.74 Å². The van der Waals surface area contributed by atoms with Crippen molar-refractivity contribution in [2.45, 2.75) is 45.3 Å². The van der Waals surface area contributed by atoms with Crippen LogP contribution in [-0.2, 0) is 16.6 Å². The van der Waals surface area contributed by atoms with Crippen molar-refractivity contribution in [1.82, 2.24) is 14.5 Å². The Balaban J connectivity index is 1.66. The SMILES string of the molecule is CCCCS(=O)(=O)N1CCCC1c1nnc(COc2ccccc2)s1. The first-order valence-corrected chi connectivity index (χ1v) is 11.0. The molecule has 0 bridgehead atoms. The molecular weight excluding hydrogens is 358 g/mol. The second-order valence-electron chi connectivity index (χ2n) is 6.07. The zero-order chi connectivity index (χ0) is 17.7. The number of para-hydroxylation sites is 1. The molecule has 0 aliphatic carbocycles. The molecule has 136 valence electrons. The van der Waals surface area contributed by atoms with Crippen LogP contribution in [0.4, 0.5) is 0 Å². The number of nitrogens with zero attached hydrogens (tertiary/aromatic N) is 3. The summed E-state index contributed by atoms with van der Waals surface area (Å²) in [6, 6.07) is 9.37. The zero-order valence-corrected chi connectivity index (χ0v) is 15.9. The first-order chi connectivity index (χ1) is 12.1. The lowest BCUT2D eigenvalue weighted by Gasteiger charge is -2.22. The largest absolute Gasteiger partial charge is 0.486 e. The van der Waals surface area contributed by atoms with E-state index in [0.717, 1.165) is 35.0 Å². The van der Waals surface area contributed by atoms with Crippen molar-refractivity contribution in [3.63, 3.8) is 0 Å². The Morgan fingerprint density at radius 1 is 1.28 bits per heavy atom. The van der Waals surface area contributed by atoms with Crippen molar-refractivity contribution in [2.75, 3.05) is 12.3 Å². The van der Waals surface area contributed by atoms with Gasteiger partial charge in [0.2, 0.25) is 10.0 Å². The van der Waals surface area contributed by atoms with E-state index in [1.165, 1.54) is 11.3 Å². The van der Waals surface area contributed by atoms with Gasteiger partial charge in [0, 0.05) is 6.54 Å². The average molecular weight is 382 g/mol. The fourth-order valence-electron chi connectivity index (χ4n) is 2.89. The minimum absolute atomic E-state index is 0.176. The van der Waals surface area contributed by atoms with Crippen molar-refractivity contribution in [1.29, 1.82) is 0 Å². The second kappa shape index (κ2) is 8.25. The number of aromatic nitrogens is 2. The monoisotopic (exact) mass is 381 g/mol. The van der Waals surface area contributed by atoms with Gasteiger partial charge in [0.1, 0.15) is 17.4 Å². The molecule has 0 N–H and O–H groups in total. The molecule has 1 aromatic carbocycles. The lowest BCUT2D eigenvalue weighted by Crippen LogP contribution is -2.32. The van der Waals surface area contributed by atoms with Gasteiger partial charge in [-0.1, -0.05) is 42.9 Å². The predicted molar refractivity (Wildman–Crippen MR) is 98.1 cm³/mol. The summed E-state index contributed by atoms with van der Waals surface area (Å²) in [5.41, 5.74) is 0. The number of hydrogen-bond acceptors (Lipinski definition) is 6. The molecule has 3 rings (SSSR count). The third-order valence-electron chi connectivity index (χ3n) is 4.19. The predicted octanol–water partition coefficient (Wildman–Crippen LogP) is 3.38. The maximum absolute atomic E-state index is 12.6. The summed E-state index contributed by atoms with van der Waals surface area (Å²) in [6.07, 6.45) is 3.24. The van der Waals surface area contributed by atoms with E-state index in [0.29, 0.717) is 19.6 Å². The summed E-state index contributed by atoms with van der Waals surface area (Å²) < 4.78 is 32.4. The van der Waals surface area contributed by atoms with Crippen molar-refractivity contribution in [2.24, 2.45) is 0 Å². The van der Waals surface area contributed by atoms with Crippen LogP contribution >= 0.6 is 11.3 Å². The molecule has 8 heteroatoms. The van der Waals surface area contributed by atoms with Crippen molar-refractivity contribution in [3.8, 4) is 5.75 Å². The molecule has 1 fully saturated rings. The summed E-state index contributed by atoms with van der Waals surface area (Å²) in [6.45, 7) is 2.92. The van der Waals surface area contributed by atoms with Gasteiger partial charge in [-0.15, -0.1) is 10.2 Å². The van der Waals surface area contributed by atoms with Crippen LogP contribution in [0.2, 0.25) is 0 Å². The molecule has 25 heavy (non-hydrogen) atoms. The summed E-state index contributed by atoms with van der Waals surface area (Å²) >= 11 is 1.44. The zero-order valence-electron chi connectivity index (χ0n) is 14.3. The van der Waals surface area contributed by atoms with Gasteiger partial charge in [0.05, 0.1) is 11.8 Å². The van der Waals surface area contributed by atoms with Crippen LogP contribution in [0.15, 0.2) is 30.3 Å². The molecule has 0 saturated carbocycles. The first kappa shape index (κ1) is 18.3. The van der Waals surface area contributed by atoms with Crippen molar-refractivity contribution in [3.05, 3.63) is 40.3 Å². The standard InChI is InChI=1S/C17H23N3O3S2/c1-2-3-12-25(21,22)20-11-7-10-15(20)17-19-18-16(24-17)13-23-14-8-5-4-6-9-14/h4-6,8-9,15H,2-3,7,10-13H2,1H3. The number of rotatable bonds is 8. The topological polar surface area (TPSA) is 72.4 Å². The molecule has 1 unspecified atom stereocenters. The van der Waals surface area contributed by atoms with Crippen LogP contribution in [0.25, 0.3) is 0 Å². The molecule has 0 spiro atoms. The third kappa shape index (κ3) is 4.56. The van der Waals surface area contributed by atoms with E-state index in [9.17, 15) is 8.42 Å². The van der Waals surface area contributed by atoms with Crippen molar-refractivity contribution >= 4 is 21.4 Å². The molecule has 1 saturated heterocycles. The van der Waals surface area contributed by atoms with E-state index < -0.39 is 10.0 Å². The Morgan fingerprint density at radius 3 is 2.84 bits per heavy atom. The van der Waals surface area contributed by atoms with Crippen molar-refractivity contribution < 1.29 is 13.2 Å². The second-order valence-corrected chi connectivity index (χ2v) is 9.21. The van der Waals surface area contributed by atoms with Gasteiger partial charge >= 0.3 is 0 Å². The van der Waals surface area contributed by atoms with E-state index >= 15 is 0 Å². The van der Waals surface area contributed by atoms with Crippen LogP contribution in [-0.4, -0.2) is 35.2 Å². The third-order valence-corrected chi connectivity index (χ3v) is 7.14. The molecule has 2 heterocycles. The molecule has 1 aliphatic rings. The lowest BCUT2D eigenvalue weighted by atomic mass is 10.2. The number of unbranched alkanes of at least 4 members (excludes halogenated alkanes) is 1. The van der Waals surface area contributed by atoms with Crippen LogP contribution < -0.4 is 4.74 Å². The van der Waals surface area contributed by atoms with Gasteiger partial charge in [-0.25, -0.2) is 8.42 Å². The fourth-order valence-corrected chi connectivity index (χ4v) is 5.74. The summed E-state index contributed by atoms with van der Waals surface area (Å²) in [5, 5.41) is 9.94. The van der Waals surface area contributed by atoms with Gasteiger partial charge in [-0.05, 0) is 31.4 Å². The van der Waals surface area contributed by atoms with Gasteiger partial charge in [0.15, 0.2) is 5.01 Å². The Kier molecular flexibility index (Phi) is 6.03. The van der Waals surface area contributed by atoms with Crippen LogP contribution in [0.1, 0.15) is 48.7 Å². The van der Waals surface area contributed by atoms with E-state index in [1.807, 2.05) is 37.3 Å². The number of benzene rings is 1. The van der Waals surface area contributed by atoms with E-state index in [-0.39, 0.29) is 11.8 Å². The summed E-state index contributed by atoms with van der Waals surface area (Å²) in [4.78, 5) is 0. The first-order valence-electron chi connectivity index (χ1n) is 8.60. The highest BCUT2D eigenvalue weighted by Gasteiger charge is 2.36. The molecule has 2 aromatic rings. The minimum Gasteiger partial charge on any atom is -0.486 e. The number of hydrogen-bond donors (Lipinski definition) is 0. The molecular formula is C17H23N3O3S2. The highest BCUT2D eigenvalue weighted by atomic mass is 32.2. The number of ether oxygens (including phenoxy) is 1. The van der Waals surface area contributed by atoms with Gasteiger partial charge in [-0.2, -0.15) is 4.31 Å². The minimum atomic E-state index is -3.22. The van der Waals surface area contributed by atoms with Gasteiger partial charge < -0.3 is 4.74 Å². The Hall–Kier alpha value is -1.51. The number of sulfonamides is 1. The fraction of sp³-hybridized carbons (Fsp3) is 0.529. The summed E-state index contributed by atoms with van der Waals surface area (Å²) in [7, 11) is -3.22. The quantitative estimate of drug-likeness (QED) is 0.701. The highest BCUT2D eigenvalue weighted by Crippen LogP contribution is 2.36. The van der Waals surface area contributed by atoms with Crippen LogP contribution in [0.3, 0.4) is 0 Å². The van der Waals surface area contributed by atoms with Crippen LogP contribution in [0.5, 0.6) is 5.75 Å². The van der Waals surface area contributed by atoms with E-state index in [2.05, 4.69) is 10.2 Å². The summed E-state index contributed by atoms with van der Waals surface area (Å²) in [5.74, 6) is 0.992. The average Bonchev–Trinajstić information content (AvgIpc) is 3.28. The van der Waals surface area contributed by atoms with E-state index in [1.54, 1.807) is 4.31 Å². The molecule has 1 aromatic heterocycles. The normalized spacial score (nSPS) is 18.5. The maximum Gasteiger partial charge on any atom is 0.214 e. The Morgan fingerprint density at radius 2 is 2.08 bits per heavy atom. The van der Waals surface area contributed by atoms with Gasteiger partial charge in [0.25, 0.3) is 0 Å². The smallest absolute Gasteiger partial charge is 0.214 e. The molecule has 0 radical (unpaired) electrons. The molecule has 0 amide bonds. The van der Waals surface area contributed by atoms with Crippen LogP contribution in [0, 0.1) is 0 Å². The van der Waals surface area contributed by atoms with Gasteiger partial charge in [-0.3, -0.25) is 0 Å². The molecule has 1 aliphatic heterocycles. The lowest BCUT2D eigenvalue weighted by molar-refractivity contribution is 0.304. The molecule has 1 atom stereocenters. The maximum atomic E-state index is 12.6. The Labute approximate surface area is 152 Å². The highest BCUT2D eigenvalue weighted by molar-refractivity contribution is 7.89.